The number of nitrogens with zero attached hydrogens (tertiary/aromatic N) is 4. The molecule has 0 aliphatic carbocycles. The summed E-state index contributed by atoms with van der Waals surface area (Å²) < 4.78 is 35.5. The summed E-state index contributed by atoms with van der Waals surface area (Å²) in [5.74, 6) is -0.457. The third-order valence-electron chi connectivity index (χ3n) is 6.03. The van der Waals surface area contributed by atoms with Gasteiger partial charge in [-0.3, -0.25) is 15.0 Å². The minimum absolute atomic E-state index is 0.293. The van der Waals surface area contributed by atoms with Crippen molar-refractivity contribution in [3.8, 4) is 5.75 Å². The number of carbonyl (C=O) groups excluding carboxylic acids is 1. The van der Waals surface area contributed by atoms with Crippen molar-refractivity contribution in [2.45, 2.75) is 51.9 Å². The van der Waals surface area contributed by atoms with Crippen LogP contribution in [0.5, 0.6) is 5.75 Å². The maximum absolute atomic E-state index is 12.8. The van der Waals surface area contributed by atoms with Crippen LogP contribution in [0.15, 0.2) is 18.7 Å². The number of hydrogen-bond donors (Lipinski definition) is 0. The first-order valence-electron chi connectivity index (χ1n) is 11.3. The van der Waals surface area contributed by atoms with Crippen molar-refractivity contribution in [3.63, 3.8) is 0 Å². The lowest BCUT2D eigenvalue weighted by molar-refractivity contribution is -0.386. The van der Waals surface area contributed by atoms with Crippen molar-refractivity contribution in [1.82, 2.24) is 9.80 Å². The first kappa shape index (κ1) is 25.7. The predicted molar refractivity (Wildman–Crippen MR) is 124 cm³/mol. The van der Waals surface area contributed by atoms with Gasteiger partial charge < -0.3 is 19.3 Å². The summed E-state index contributed by atoms with van der Waals surface area (Å²) >= 11 is 0. The van der Waals surface area contributed by atoms with Crippen LogP contribution in [0, 0.1) is 10.1 Å². The van der Waals surface area contributed by atoms with Gasteiger partial charge in [-0.05, 0) is 33.6 Å². The molecule has 0 atom stereocenters. The highest BCUT2D eigenvalue weighted by molar-refractivity contribution is 5.73. The largest absolute Gasteiger partial charge is 0.444 e. The number of halogens is 2. The molecule has 0 saturated carbocycles. The molecule has 2 fully saturated rings. The molecular formula is C23H32F2N4O5. The average molecular weight is 483 g/mol. The van der Waals surface area contributed by atoms with E-state index in [-0.39, 0.29) is 6.09 Å². The Kier molecular flexibility index (Phi) is 7.96. The normalized spacial score (nSPS) is 18.2. The molecule has 0 unspecified atom stereocenters. The van der Waals surface area contributed by atoms with Gasteiger partial charge in [0.15, 0.2) is 0 Å². The molecule has 1 aromatic rings. The van der Waals surface area contributed by atoms with Crippen molar-refractivity contribution in [3.05, 3.63) is 34.4 Å². The number of benzene rings is 1. The fourth-order valence-corrected chi connectivity index (χ4v) is 4.41. The SMILES string of the molecule is C=Cc1cc([N+](=O)[O-])c(OC(F)F)cc1N1CCC(N2CCN(C(=O)OC(C)(C)C)CC2)CC1. The average Bonchev–Trinajstić information content (AvgIpc) is 2.77. The molecule has 1 amide bonds. The lowest BCUT2D eigenvalue weighted by atomic mass is 10.00. The maximum atomic E-state index is 12.8. The number of piperidine rings is 1. The van der Waals surface area contributed by atoms with Gasteiger partial charge in [0.05, 0.1) is 4.92 Å². The Morgan fingerprint density at radius 2 is 1.79 bits per heavy atom. The smallest absolute Gasteiger partial charge is 0.410 e. The Morgan fingerprint density at radius 1 is 1.18 bits per heavy atom. The number of rotatable bonds is 6. The number of anilines is 1. The van der Waals surface area contributed by atoms with Crippen LogP contribution in [0.3, 0.4) is 0 Å². The molecule has 11 heteroatoms. The highest BCUT2D eigenvalue weighted by Crippen LogP contribution is 2.38. The molecule has 188 valence electrons. The molecule has 2 heterocycles. The highest BCUT2D eigenvalue weighted by atomic mass is 19.3. The summed E-state index contributed by atoms with van der Waals surface area (Å²) in [6.07, 6.45) is 2.87. The van der Waals surface area contributed by atoms with Gasteiger partial charge in [-0.25, -0.2) is 4.79 Å². The van der Waals surface area contributed by atoms with Gasteiger partial charge >= 0.3 is 18.4 Å². The first-order chi connectivity index (χ1) is 16.0. The van der Waals surface area contributed by atoms with E-state index >= 15 is 0 Å². The molecule has 2 aliphatic heterocycles. The summed E-state index contributed by atoms with van der Waals surface area (Å²) in [6, 6.07) is 2.86. The quantitative estimate of drug-likeness (QED) is 0.440. The molecule has 2 aliphatic rings. The molecule has 2 saturated heterocycles. The van der Waals surface area contributed by atoms with E-state index in [0.29, 0.717) is 43.5 Å². The number of nitro groups is 1. The Bertz CT molecular complexity index is 905. The van der Waals surface area contributed by atoms with Crippen LogP contribution in [0.25, 0.3) is 6.08 Å². The third-order valence-corrected chi connectivity index (χ3v) is 6.03. The second-order valence-electron chi connectivity index (χ2n) is 9.44. The van der Waals surface area contributed by atoms with Gasteiger partial charge in [-0.2, -0.15) is 8.78 Å². The van der Waals surface area contributed by atoms with Crippen molar-refractivity contribution in [2.75, 3.05) is 44.2 Å². The van der Waals surface area contributed by atoms with Gasteiger partial charge in [0, 0.05) is 68.7 Å². The van der Waals surface area contributed by atoms with Gasteiger partial charge in [0.25, 0.3) is 0 Å². The molecular weight excluding hydrogens is 450 g/mol. The number of nitro benzene ring substituents is 1. The molecule has 0 spiro atoms. The number of amides is 1. The Balaban J connectivity index is 1.62. The number of piperazine rings is 1. The minimum atomic E-state index is -3.16. The van der Waals surface area contributed by atoms with Crippen LogP contribution in [0.2, 0.25) is 0 Å². The fraction of sp³-hybridized carbons (Fsp3) is 0.609. The molecule has 0 radical (unpaired) electrons. The number of alkyl halides is 2. The number of ether oxygens (including phenoxy) is 2. The van der Waals surface area contributed by atoms with Gasteiger partial charge in [0.1, 0.15) is 5.60 Å². The van der Waals surface area contributed by atoms with Crippen molar-refractivity contribution >= 4 is 23.5 Å². The summed E-state index contributed by atoms with van der Waals surface area (Å²) in [5.41, 5.74) is 0.0440. The predicted octanol–water partition coefficient (Wildman–Crippen LogP) is 4.36. The lowest BCUT2D eigenvalue weighted by Crippen LogP contribution is -2.55. The van der Waals surface area contributed by atoms with Crippen LogP contribution >= 0.6 is 0 Å². The van der Waals surface area contributed by atoms with E-state index in [1.807, 2.05) is 25.7 Å². The van der Waals surface area contributed by atoms with Crippen LogP contribution < -0.4 is 9.64 Å². The van der Waals surface area contributed by atoms with Crippen molar-refractivity contribution in [2.24, 2.45) is 0 Å². The number of carbonyl (C=O) groups is 1. The number of hydrogen-bond acceptors (Lipinski definition) is 7. The van der Waals surface area contributed by atoms with Crippen LogP contribution in [-0.2, 0) is 4.74 Å². The third kappa shape index (κ3) is 6.34. The molecule has 0 bridgehead atoms. The zero-order valence-corrected chi connectivity index (χ0v) is 19.8. The topological polar surface area (TPSA) is 88.4 Å². The molecule has 34 heavy (non-hydrogen) atoms. The summed E-state index contributed by atoms with van der Waals surface area (Å²) in [5, 5.41) is 11.3. The zero-order chi connectivity index (χ0) is 25.0. The van der Waals surface area contributed by atoms with Gasteiger partial charge in [-0.1, -0.05) is 12.7 Å². The second-order valence-corrected chi connectivity index (χ2v) is 9.44. The van der Waals surface area contributed by atoms with Gasteiger partial charge in [-0.15, -0.1) is 0 Å². The monoisotopic (exact) mass is 482 g/mol. The first-order valence-corrected chi connectivity index (χ1v) is 11.3. The molecule has 1 aromatic carbocycles. The van der Waals surface area contributed by atoms with E-state index in [4.69, 9.17) is 4.74 Å². The van der Waals surface area contributed by atoms with E-state index in [1.54, 1.807) is 4.90 Å². The van der Waals surface area contributed by atoms with Crippen molar-refractivity contribution in [1.29, 1.82) is 0 Å². The van der Waals surface area contributed by atoms with E-state index in [2.05, 4.69) is 16.2 Å². The summed E-state index contributed by atoms with van der Waals surface area (Å²) in [7, 11) is 0. The minimum Gasteiger partial charge on any atom is -0.444 e. The second kappa shape index (κ2) is 10.5. The Morgan fingerprint density at radius 3 is 2.29 bits per heavy atom. The Hall–Kier alpha value is -2.95. The van der Waals surface area contributed by atoms with E-state index in [1.165, 1.54) is 18.2 Å². The van der Waals surface area contributed by atoms with Crippen LogP contribution in [-0.4, -0.2) is 78.3 Å². The zero-order valence-electron chi connectivity index (χ0n) is 19.8. The van der Waals surface area contributed by atoms with Gasteiger partial charge in [0.2, 0.25) is 5.75 Å². The van der Waals surface area contributed by atoms with Crippen LogP contribution in [0.4, 0.5) is 25.0 Å². The van der Waals surface area contributed by atoms with E-state index in [0.717, 1.165) is 25.9 Å². The van der Waals surface area contributed by atoms with Crippen molar-refractivity contribution < 1.29 is 28.0 Å². The molecule has 3 rings (SSSR count). The highest BCUT2D eigenvalue weighted by Gasteiger charge is 2.32. The van der Waals surface area contributed by atoms with E-state index in [9.17, 15) is 23.7 Å². The summed E-state index contributed by atoms with van der Waals surface area (Å²) in [4.78, 5) is 29.0. The van der Waals surface area contributed by atoms with Crippen LogP contribution in [0.1, 0.15) is 39.2 Å². The Labute approximate surface area is 198 Å². The molecule has 0 N–H and O–H groups in total. The van der Waals surface area contributed by atoms with E-state index < -0.39 is 28.6 Å². The molecule has 9 nitrogen and oxygen atoms in total. The maximum Gasteiger partial charge on any atom is 0.410 e. The standard InChI is InChI=1S/C23H32F2N4O5/c1-5-16-14-19(29(31)32)20(33-21(24)25)15-18(16)27-8-6-17(7-9-27)26-10-12-28(13-11-26)22(30)34-23(2,3)4/h5,14-15,17,21H,1,6-13H2,2-4H3. The summed E-state index contributed by atoms with van der Waals surface area (Å²) in [6.45, 7) is 10.1. The fourth-order valence-electron chi connectivity index (χ4n) is 4.41. The lowest BCUT2D eigenvalue weighted by Gasteiger charge is -2.43. The molecule has 0 aromatic heterocycles.